The van der Waals surface area contributed by atoms with Crippen LogP contribution in [0.1, 0.15) is 22.9 Å². The van der Waals surface area contributed by atoms with Gasteiger partial charge in [0.1, 0.15) is 5.65 Å². The van der Waals surface area contributed by atoms with Crippen molar-refractivity contribution in [3.63, 3.8) is 0 Å². The van der Waals surface area contributed by atoms with E-state index < -0.39 is 0 Å². The standard InChI is InChI=1S/C22H19N3O/c26-21(15-19-16-25-14-8-7-13-20(25)23-19)24-22(17-9-3-1-4-10-17)18-11-5-2-6-12-18/h1-14,16,22H,15H2,(H,24,26). The van der Waals surface area contributed by atoms with E-state index in [1.54, 1.807) is 0 Å². The molecule has 26 heavy (non-hydrogen) atoms. The zero-order valence-electron chi connectivity index (χ0n) is 14.2. The van der Waals surface area contributed by atoms with Gasteiger partial charge in [0.2, 0.25) is 5.91 Å². The normalized spacial score (nSPS) is 11.0. The molecule has 0 saturated carbocycles. The molecule has 0 saturated heterocycles. The highest BCUT2D eigenvalue weighted by Crippen LogP contribution is 2.21. The second-order valence-electron chi connectivity index (χ2n) is 6.20. The number of fused-ring (bicyclic) bond motifs is 1. The average molecular weight is 341 g/mol. The maximum absolute atomic E-state index is 12.7. The molecule has 2 heterocycles. The van der Waals surface area contributed by atoms with Crippen LogP contribution in [0.25, 0.3) is 5.65 Å². The number of hydrogen-bond acceptors (Lipinski definition) is 2. The van der Waals surface area contributed by atoms with Gasteiger partial charge in [0.05, 0.1) is 18.2 Å². The molecule has 0 aliphatic heterocycles. The van der Waals surface area contributed by atoms with Crippen molar-refractivity contribution in [1.82, 2.24) is 14.7 Å². The van der Waals surface area contributed by atoms with Gasteiger partial charge in [-0.1, -0.05) is 66.7 Å². The molecule has 4 nitrogen and oxygen atoms in total. The zero-order valence-corrected chi connectivity index (χ0v) is 14.2. The van der Waals surface area contributed by atoms with E-state index in [1.807, 2.05) is 95.7 Å². The van der Waals surface area contributed by atoms with Crippen LogP contribution < -0.4 is 5.32 Å². The van der Waals surface area contributed by atoms with Gasteiger partial charge in [0, 0.05) is 12.4 Å². The molecule has 128 valence electrons. The lowest BCUT2D eigenvalue weighted by molar-refractivity contribution is -0.121. The van der Waals surface area contributed by atoms with Crippen molar-refractivity contribution in [2.24, 2.45) is 0 Å². The fraction of sp³-hybridized carbons (Fsp3) is 0.0909. The number of carbonyl (C=O) groups excluding carboxylic acids is 1. The number of pyridine rings is 1. The first-order valence-electron chi connectivity index (χ1n) is 8.61. The SMILES string of the molecule is O=C(Cc1cn2ccccc2n1)NC(c1ccccc1)c1ccccc1. The maximum Gasteiger partial charge on any atom is 0.226 e. The zero-order chi connectivity index (χ0) is 17.8. The number of rotatable bonds is 5. The Hall–Kier alpha value is -3.40. The number of hydrogen-bond donors (Lipinski definition) is 1. The Bertz CT molecular complexity index is 937. The largest absolute Gasteiger partial charge is 0.345 e. The molecular weight excluding hydrogens is 322 g/mol. The van der Waals surface area contributed by atoms with E-state index in [-0.39, 0.29) is 18.4 Å². The Kier molecular flexibility index (Phi) is 4.48. The third kappa shape index (κ3) is 3.49. The van der Waals surface area contributed by atoms with Crippen molar-refractivity contribution < 1.29 is 4.79 Å². The predicted octanol–water partition coefficient (Wildman–Crippen LogP) is 3.78. The van der Waals surface area contributed by atoms with Crippen LogP contribution >= 0.6 is 0 Å². The van der Waals surface area contributed by atoms with Crippen molar-refractivity contribution in [3.05, 3.63) is 108 Å². The number of nitrogens with zero attached hydrogens (tertiary/aromatic N) is 2. The second-order valence-corrected chi connectivity index (χ2v) is 6.20. The maximum atomic E-state index is 12.7. The molecule has 2 aromatic heterocycles. The molecule has 0 spiro atoms. The van der Waals surface area contributed by atoms with Gasteiger partial charge < -0.3 is 9.72 Å². The first-order chi connectivity index (χ1) is 12.8. The van der Waals surface area contributed by atoms with E-state index in [0.717, 1.165) is 22.5 Å². The monoisotopic (exact) mass is 341 g/mol. The molecule has 0 atom stereocenters. The highest BCUT2D eigenvalue weighted by atomic mass is 16.1. The number of carbonyl (C=O) groups is 1. The third-order valence-corrected chi connectivity index (χ3v) is 4.33. The lowest BCUT2D eigenvalue weighted by Crippen LogP contribution is -2.30. The molecule has 0 radical (unpaired) electrons. The van der Waals surface area contributed by atoms with E-state index >= 15 is 0 Å². The Morgan fingerprint density at radius 1 is 0.885 bits per heavy atom. The Balaban J connectivity index is 1.56. The third-order valence-electron chi connectivity index (χ3n) is 4.33. The quantitative estimate of drug-likeness (QED) is 0.600. The van der Waals surface area contributed by atoms with Crippen LogP contribution in [0.15, 0.2) is 91.3 Å². The summed E-state index contributed by atoms with van der Waals surface area (Å²) in [4.78, 5) is 17.2. The molecule has 0 unspecified atom stereocenters. The van der Waals surface area contributed by atoms with Gasteiger partial charge in [-0.15, -0.1) is 0 Å². The number of aromatic nitrogens is 2. The summed E-state index contributed by atoms with van der Waals surface area (Å²) in [6.07, 6.45) is 4.08. The van der Waals surface area contributed by atoms with Crippen LogP contribution in [-0.2, 0) is 11.2 Å². The van der Waals surface area contributed by atoms with E-state index in [9.17, 15) is 4.79 Å². The summed E-state index contributed by atoms with van der Waals surface area (Å²) < 4.78 is 1.93. The van der Waals surface area contributed by atoms with Crippen molar-refractivity contribution in [1.29, 1.82) is 0 Å². The van der Waals surface area contributed by atoms with Gasteiger partial charge in [0.15, 0.2) is 0 Å². The second kappa shape index (κ2) is 7.23. The molecule has 4 aromatic rings. The summed E-state index contributed by atoms with van der Waals surface area (Å²) in [5, 5.41) is 3.15. The van der Waals surface area contributed by atoms with E-state index in [2.05, 4.69) is 10.3 Å². The minimum absolute atomic E-state index is 0.0499. The lowest BCUT2D eigenvalue weighted by atomic mass is 9.98. The Morgan fingerprint density at radius 2 is 1.50 bits per heavy atom. The first kappa shape index (κ1) is 16.1. The number of amides is 1. The molecule has 1 N–H and O–H groups in total. The number of imidazole rings is 1. The van der Waals surface area contributed by atoms with Crippen molar-refractivity contribution in [3.8, 4) is 0 Å². The van der Waals surface area contributed by atoms with Gasteiger partial charge in [-0.3, -0.25) is 4.79 Å². The van der Waals surface area contributed by atoms with Crippen LogP contribution in [-0.4, -0.2) is 15.3 Å². The first-order valence-corrected chi connectivity index (χ1v) is 8.61. The summed E-state index contributed by atoms with van der Waals surface area (Å²) in [5.41, 5.74) is 3.72. The highest BCUT2D eigenvalue weighted by molar-refractivity contribution is 5.79. The fourth-order valence-corrected chi connectivity index (χ4v) is 3.10. The smallest absolute Gasteiger partial charge is 0.226 e. The molecular formula is C22H19N3O. The molecule has 2 aromatic carbocycles. The van der Waals surface area contributed by atoms with Crippen molar-refractivity contribution in [2.75, 3.05) is 0 Å². The van der Waals surface area contributed by atoms with Crippen LogP contribution in [0.2, 0.25) is 0 Å². The van der Waals surface area contributed by atoms with Crippen LogP contribution in [0.3, 0.4) is 0 Å². The number of nitrogens with one attached hydrogen (secondary N) is 1. The average Bonchev–Trinajstić information content (AvgIpc) is 3.09. The molecule has 1 amide bonds. The van der Waals surface area contributed by atoms with Gasteiger partial charge in [-0.05, 0) is 23.3 Å². The minimum atomic E-state index is -0.179. The van der Waals surface area contributed by atoms with Gasteiger partial charge in [0.25, 0.3) is 0 Å². The Labute approximate surface area is 152 Å². The summed E-state index contributed by atoms with van der Waals surface area (Å²) in [6, 6.07) is 25.6. The van der Waals surface area contributed by atoms with Gasteiger partial charge in [-0.2, -0.15) is 0 Å². The molecule has 4 heteroatoms. The number of benzene rings is 2. The van der Waals surface area contributed by atoms with Gasteiger partial charge >= 0.3 is 0 Å². The Morgan fingerprint density at radius 3 is 2.12 bits per heavy atom. The lowest BCUT2D eigenvalue weighted by Gasteiger charge is -2.19. The molecule has 0 aliphatic rings. The summed E-state index contributed by atoms with van der Waals surface area (Å²) in [7, 11) is 0. The van der Waals surface area contributed by atoms with E-state index in [1.165, 1.54) is 0 Å². The van der Waals surface area contributed by atoms with Crippen LogP contribution in [0.4, 0.5) is 0 Å². The fourth-order valence-electron chi connectivity index (χ4n) is 3.10. The molecule has 0 aliphatic carbocycles. The van der Waals surface area contributed by atoms with Crippen LogP contribution in [0.5, 0.6) is 0 Å². The predicted molar refractivity (Wildman–Crippen MR) is 102 cm³/mol. The minimum Gasteiger partial charge on any atom is -0.345 e. The highest BCUT2D eigenvalue weighted by Gasteiger charge is 2.17. The molecule has 0 bridgehead atoms. The summed E-state index contributed by atoms with van der Waals surface area (Å²) >= 11 is 0. The van der Waals surface area contributed by atoms with E-state index in [4.69, 9.17) is 0 Å². The van der Waals surface area contributed by atoms with Crippen LogP contribution in [0, 0.1) is 0 Å². The topological polar surface area (TPSA) is 46.4 Å². The molecule has 0 fully saturated rings. The molecule has 4 rings (SSSR count). The van der Waals surface area contributed by atoms with E-state index in [0.29, 0.717) is 0 Å². The van der Waals surface area contributed by atoms with Crippen molar-refractivity contribution in [2.45, 2.75) is 12.5 Å². The summed E-state index contributed by atoms with van der Waals surface area (Å²) in [6.45, 7) is 0. The summed E-state index contributed by atoms with van der Waals surface area (Å²) in [5.74, 6) is -0.0499. The van der Waals surface area contributed by atoms with Gasteiger partial charge in [-0.25, -0.2) is 4.98 Å². The van der Waals surface area contributed by atoms with Crippen molar-refractivity contribution >= 4 is 11.6 Å².